The Kier molecular flexibility index (Phi) is 7.67. The van der Waals surface area contributed by atoms with E-state index in [1.54, 1.807) is 0 Å². The first-order valence-corrected chi connectivity index (χ1v) is 20.5. The van der Waals surface area contributed by atoms with E-state index in [-0.39, 0.29) is 0 Å². The van der Waals surface area contributed by atoms with Crippen LogP contribution in [0.4, 0.5) is 0 Å². The zero-order chi connectivity index (χ0) is 38.9. The van der Waals surface area contributed by atoms with E-state index in [2.05, 4.69) is 199 Å². The molecule has 0 amide bonds. The van der Waals surface area contributed by atoms with Gasteiger partial charge in [-0.25, -0.2) is 4.98 Å². The smallest absolute Gasteiger partial charge is 0.0975 e. The second-order valence-corrected chi connectivity index (χ2v) is 15.6. The van der Waals surface area contributed by atoms with Crippen molar-refractivity contribution in [3.63, 3.8) is 0 Å². The molecule has 11 aromatic rings. The standard InChI is InChI=1S/C56H37N3/c1-2-15-45-43(39-12-11-13-40(34-39)52-35-57-55-50-20-5-3-16-46(50)47-17-4-6-21-51(47)56(55)58-52)33-32-42(44(45)14-1)38-26-24-36(25-27-38)37-28-30-41(31-29-37)59-53-22-9-7-18-48(53)49-19-8-10-23-54(49)59/h1-4,6-19,21-35H,5,20H2. The molecule has 276 valence electrons. The SMILES string of the molecule is C1=Cc2c(c3ncc(-c4cccc(-c5ccc(-c6ccc(-c7ccc(-n8c9ccccc9c9ccccc98)cc7)cc6)c6ccccc56)c4)nc3c3ccccc23)CC1. The number of rotatable bonds is 5. The third-order valence-corrected chi connectivity index (χ3v) is 12.3. The summed E-state index contributed by atoms with van der Waals surface area (Å²) in [4.78, 5) is 10.4. The molecule has 0 saturated heterocycles. The quantitative estimate of drug-likeness (QED) is 0.164. The first-order valence-electron chi connectivity index (χ1n) is 20.5. The molecular weight excluding hydrogens is 715 g/mol. The number of aromatic nitrogens is 3. The minimum atomic E-state index is 0.887. The van der Waals surface area contributed by atoms with Gasteiger partial charge in [0.2, 0.25) is 0 Å². The van der Waals surface area contributed by atoms with Gasteiger partial charge in [0.25, 0.3) is 0 Å². The molecule has 0 atom stereocenters. The van der Waals surface area contributed by atoms with Crippen LogP contribution in [0.25, 0.3) is 111 Å². The number of benzene rings is 9. The van der Waals surface area contributed by atoms with Crippen LogP contribution in [-0.2, 0) is 6.42 Å². The van der Waals surface area contributed by atoms with Crippen molar-refractivity contribution in [2.45, 2.75) is 12.8 Å². The van der Waals surface area contributed by atoms with E-state index >= 15 is 0 Å². The van der Waals surface area contributed by atoms with Crippen molar-refractivity contribution in [1.82, 2.24) is 14.5 Å². The molecule has 1 aliphatic rings. The van der Waals surface area contributed by atoms with Crippen LogP contribution in [0.2, 0.25) is 0 Å². The van der Waals surface area contributed by atoms with E-state index in [9.17, 15) is 0 Å². The summed E-state index contributed by atoms with van der Waals surface area (Å²) in [6, 6.07) is 66.0. The Morgan fingerprint density at radius 3 is 1.68 bits per heavy atom. The number of aryl methyl sites for hydroxylation is 1. The second-order valence-electron chi connectivity index (χ2n) is 15.6. The van der Waals surface area contributed by atoms with E-state index in [1.807, 2.05) is 6.20 Å². The number of hydrogen-bond acceptors (Lipinski definition) is 2. The topological polar surface area (TPSA) is 30.7 Å². The number of allylic oxidation sites excluding steroid dienone is 1. The van der Waals surface area contributed by atoms with Crippen LogP contribution in [0, 0.1) is 0 Å². The molecule has 0 saturated carbocycles. The summed E-state index contributed by atoms with van der Waals surface area (Å²) in [5, 5.41) is 7.41. The molecule has 2 aromatic heterocycles. The highest BCUT2D eigenvalue weighted by molar-refractivity contribution is 6.11. The lowest BCUT2D eigenvalue weighted by atomic mass is 9.90. The van der Waals surface area contributed by atoms with Crippen LogP contribution < -0.4 is 0 Å². The van der Waals surface area contributed by atoms with Gasteiger partial charge < -0.3 is 4.57 Å². The molecule has 9 aromatic carbocycles. The molecule has 1 aliphatic carbocycles. The number of fused-ring (bicyclic) bond motifs is 10. The third-order valence-electron chi connectivity index (χ3n) is 12.3. The van der Waals surface area contributed by atoms with Gasteiger partial charge in [-0.15, -0.1) is 0 Å². The van der Waals surface area contributed by atoms with Crippen molar-refractivity contribution in [1.29, 1.82) is 0 Å². The lowest BCUT2D eigenvalue weighted by Crippen LogP contribution is -2.01. The van der Waals surface area contributed by atoms with Gasteiger partial charge in [-0.2, -0.15) is 0 Å². The molecule has 0 spiro atoms. The predicted octanol–water partition coefficient (Wildman–Crippen LogP) is 14.7. The molecular formula is C56H37N3. The van der Waals surface area contributed by atoms with E-state index in [1.165, 1.54) is 76.9 Å². The van der Waals surface area contributed by atoms with Crippen molar-refractivity contribution in [2.24, 2.45) is 0 Å². The number of para-hydroxylation sites is 2. The van der Waals surface area contributed by atoms with Gasteiger partial charge in [0.05, 0.1) is 34.0 Å². The Morgan fingerprint density at radius 1 is 0.424 bits per heavy atom. The van der Waals surface area contributed by atoms with Gasteiger partial charge in [-0.1, -0.05) is 164 Å². The van der Waals surface area contributed by atoms with Gasteiger partial charge >= 0.3 is 0 Å². The van der Waals surface area contributed by atoms with Crippen LogP contribution in [-0.4, -0.2) is 14.5 Å². The van der Waals surface area contributed by atoms with Crippen molar-refractivity contribution in [3.05, 3.63) is 205 Å². The van der Waals surface area contributed by atoms with Gasteiger partial charge in [0, 0.05) is 27.4 Å². The Morgan fingerprint density at radius 2 is 0.983 bits per heavy atom. The monoisotopic (exact) mass is 751 g/mol. The fourth-order valence-electron chi connectivity index (χ4n) is 9.52. The summed E-state index contributed by atoms with van der Waals surface area (Å²) >= 11 is 0. The van der Waals surface area contributed by atoms with Crippen molar-refractivity contribution < 1.29 is 0 Å². The highest BCUT2D eigenvalue weighted by atomic mass is 15.0. The first-order chi connectivity index (χ1) is 29.3. The van der Waals surface area contributed by atoms with Crippen molar-refractivity contribution >= 4 is 60.5 Å². The Hall–Kier alpha value is -7.62. The van der Waals surface area contributed by atoms with Crippen LogP contribution in [0.5, 0.6) is 0 Å². The Balaban J connectivity index is 0.873. The molecule has 0 N–H and O–H groups in total. The third kappa shape index (κ3) is 5.43. The molecule has 2 heterocycles. The van der Waals surface area contributed by atoms with Crippen LogP contribution >= 0.6 is 0 Å². The van der Waals surface area contributed by atoms with E-state index < -0.39 is 0 Å². The molecule has 0 bridgehead atoms. The van der Waals surface area contributed by atoms with Crippen LogP contribution in [0.3, 0.4) is 0 Å². The summed E-state index contributed by atoms with van der Waals surface area (Å²) in [6.45, 7) is 0. The van der Waals surface area contributed by atoms with E-state index in [0.29, 0.717) is 0 Å². The van der Waals surface area contributed by atoms with Gasteiger partial charge in [0.1, 0.15) is 0 Å². The summed E-state index contributed by atoms with van der Waals surface area (Å²) in [5.41, 5.74) is 17.3. The fourth-order valence-corrected chi connectivity index (χ4v) is 9.52. The first kappa shape index (κ1) is 33.5. The summed E-state index contributed by atoms with van der Waals surface area (Å²) < 4.78 is 2.37. The van der Waals surface area contributed by atoms with Crippen molar-refractivity contribution in [3.8, 4) is 50.3 Å². The average molecular weight is 752 g/mol. The lowest BCUT2D eigenvalue weighted by Gasteiger charge is -2.17. The summed E-state index contributed by atoms with van der Waals surface area (Å²) in [6.07, 6.45) is 8.51. The minimum absolute atomic E-state index is 0.887. The van der Waals surface area contributed by atoms with Gasteiger partial charge in [0.15, 0.2) is 0 Å². The number of hydrogen-bond donors (Lipinski definition) is 0. The molecule has 0 aliphatic heterocycles. The fraction of sp³-hybridized carbons (Fsp3) is 0.0357. The second kappa shape index (κ2) is 13.5. The summed E-state index contributed by atoms with van der Waals surface area (Å²) in [5.74, 6) is 0. The highest BCUT2D eigenvalue weighted by Gasteiger charge is 2.18. The zero-order valence-corrected chi connectivity index (χ0v) is 32.3. The predicted molar refractivity (Wildman–Crippen MR) is 248 cm³/mol. The molecule has 3 nitrogen and oxygen atoms in total. The molecule has 0 unspecified atom stereocenters. The highest BCUT2D eigenvalue weighted by Crippen LogP contribution is 2.40. The van der Waals surface area contributed by atoms with E-state index in [0.717, 1.165) is 51.8 Å². The molecule has 3 heteroatoms. The van der Waals surface area contributed by atoms with E-state index in [4.69, 9.17) is 9.97 Å². The largest absolute Gasteiger partial charge is 0.309 e. The molecule has 59 heavy (non-hydrogen) atoms. The molecule has 12 rings (SSSR count). The Bertz CT molecular complexity index is 3430. The maximum absolute atomic E-state index is 5.31. The summed E-state index contributed by atoms with van der Waals surface area (Å²) in [7, 11) is 0. The maximum Gasteiger partial charge on any atom is 0.0975 e. The van der Waals surface area contributed by atoms with Crippen molar-refractivity contribution in [2.75, 3.05) is 0 Å². The number of nitrogens with zero attached hydrogens (tertiary/aromatic N) is 3. The van der Waals surface area contributed by atoms with Gasteiger partial charge in [-0.3, -0.25) is 4.98 Å². The Labute approximate surface area is 342 Å². The van der Waals surface area contributed by atoms with Gasteiger partial charge in [-0.05, 0) is 104 Å². The van der Waals surface area contributed by atoms with Crippen LogP contribution in [0.15, 0.2) is 194 Å². The lowest BCUT2D eigenvalue weighted by molar-refractivity contribution is 0.993. The molecule has 0 fully saturated rings. The average Bonchev–Trinajstić information content (AvgIpc) is 3.66. The zero-order valence-electron chi connectivity index (χ0n) is 32.3. The van der Waals surface area contributed by atoms with Crippen LogP contribution in [0.1, 0.15) is 17.5 Å². The maximum atomic E-state index is 5.31. The normalized spacial score (nSPS) is 12.5. The molecule has 0 radical (unpaired) electrons. The minimum Gasteiger partial charge on any atom is -0.309 e.